The second kappa shape index (κ2) is 10.4. The van der Waals surface area contributed by atoms with Gasteiger partial charge in [0, 0.05) is 0 Å². The van der Waals surface area contributed by atoms with Crippen LogP contribution in [0, 0.1) is 6.92 Å². The molecule has 4 aromatic rings. The van der Waals surface area contributed by atoms with Crippen molar-refractivity contribution in [2.45, 2.75) is 29.1 Å². The predicted octanol–water partition coefficient (Wildman–Crippen LogP) is 7.10. The molecule has 4 rings (SSSR count). The second-order valence-electron chi connectivity index (χ2n) is 8.25. The van der Waals surface area contributed by atoms with E-state index in [1.807, 2.05) is 73.7 Å². The highest BCUT2D eigenvalue weighted by molar-refractivity contribution is 8.30. The van der Waals surface area contributed by atoms with Crippen LogP contribution < -0.4 is 0 Å². The Kier molecular flexibility index (Phi) is 7.33. The van der Waals surface area contributed by atoms with E-state index in [0.717, 1.165) is 22.3 Å². The first kappa shape index (κ1) is 23.3. The molecule has 33 heavy (non-hydrogen) atoms. The minimum atomic E-state index is -3.83. The fourth-order valence-corrected chi connectivity index (χ4v) is 9.71. The first-order chi connectivity index (χ1) is 15.9. The number of hydrogen-bond acceptors (Lipinski definition) is 2. The fraction of sp³-hybridized carbons (Fsp3) is 0.143. The Labute approximate surface area is 198 Å². The van der Waals surface area contributed by atoms with Gasteiger partial charge in [-0.3, -0.25) is 3.63 Å². The number of hydrogen-bond donors (Lipinski definition) is 0. The van der Waals surface area contributed by atoms with Crippen LogP contribution in [-0.2, 0) is 27.4 Å². The van der Waals surface area contributed by atoms with Crippen LogP contribution >= 0.6 is 10.3 Å². The summed E-state index contributed by atoms with van der Waals surface area (Å²) >= 11 is 0. The Morgan fingerprint density at radius 3 is 1.27 bits per heavy atom. The Morgan fingerprint density at radius 1 is 0.545 bits per heavy atom. The van der Waals surface area contributed by atoms with E-state index in [0.29, 0.717) is 17.3 Å². The molecule has 170 valence electrons. The van der Waals surface area contributed by atoms with Crippen LogP contribution in [0.5, 0.6) is 0 Å². The van der Waals surface area contributed by atoms with Gasteiger partial charge in [0.15, 0.2) is 0 Å². The van der Waals surface area contributed by atoms with Crippen LogP contribution in [-0.4, -0.2) is 12.0 Å². The summed E-state index contributed by atoms with van der Waals surface area (Å²) in [4.78, 5) is 0.249. The van der Waals surface area contributed by atoms with E-state index in [-0.39, 0.29) is 4.90 Å². The third-order valence-electron chi connectivity index (χ3n) is 5.41. The lowest BCUT2D eigenvalue weighted by Crippen LogP contribution is -2.22. The van der Waals surface area contributed by atoms with Crippen molar-refractivity contribution in [1.29, 1.82) is 0 Å². The van der Waals surface area contributed by atoms with Crippen LogP contribution in [0.4, 0.5) is 0 Å². The summed E-state index contributed by atoms with van der Waals surface area (Å²) in [6.07, 6.45) is 0. The smallest absolute Gasteiger partial charge is 0.268 e. The van der Waals surface area contributed by atoms with E-state index < -0.39 is 20.4 Å². The number of aryl methyl sites for hydroxylation is 1. The predicted molar refractivity (Wildman–Crippen MR) is 139 cm³/mol. The van der Waals surface area contributed by atoms with Gasteiger partial charge in [-0.1, -0.05) is 109 Å². The lowest BCUT2D eigenvalue weighted by molar-refractivity contribution is 0.386. The summed E-state index contributed by atoms with van der Waals surface area (Å²) in [6.45, 7) is 1.95. The highest BCUT2D eigenvalue weighted by atomic mass is 32.3. The maximum Gasteiger partial charge on any atom is 0.421 e. The normalized spacial score (nSPS) is 12.4. The molecular formula is C28H29O3S2+. The molecule has 1 N–H and O–H groups in total. The van der Waals surface area contributed by atoms with Gasteiger partial charge >= 0.3 is 10.1 Å². The Morgan fingerprint density at radius 2 is 0.909 bits per heavy atom. The van der Waals surface area contributed by atoms with Gasteiger partial charge in [0.2, 0.25) is 0 Å². The summed E-state index contributed by atoms with van der Waals surface area (Å²) in [5, 5.41) is 0. The zero-order valence-electron chi connectivity index (χ0n) is 18.7. The average Bonchev–Trinajstić information content (AvgIpc) is 2.81. The van der Waals surface area contributed by atoms with Crippen LogP contribution in [0.15, 0.2) is 120 Å². The van der Waals surface area contributed by atoms with Crippen LogP contribution in [0.25, 0.3) is 0 Å². The largest absolute Gasteiger partial charge is 0.421 e. The molecule has 4 aromatic carbocycles. The van der Waals surface area contributed by atoms with E-state index in [2.05, 4.69) is 36.4 Å². The van der Waals surface area contributed by atoms with Gasteiger partial charge in [-0.2, -0.15) is 0 Å². The molecule has 0 bridgehead atoms. The molecule has 0 unspecified atom stereocenters. The summed E-state index contributed by atoms with van der Waals surface area (Å²) < 4.78 is 31.9. The third kappa shape index (κ3) is 6.35. The number of rotatable bonds is 9. The lowest BCUT2D eigenvalue weighted by atomic mass is 10.2. The molecule has 0 saturated carbocycles. The van der Waals surface area contributed by atoms with Crippen molar-refractivity contribution in [3.8, 4) is 0 Å². The molecule has 3 nitrogen and oxygen atoms in total. The van der Waals surface area contributed by atoms with Crippen LogP contribution in [0.2, 0.25) is 0 Å². The molecule has 5 heteroatoms. The van der Waals surface area contributed by atoms with Crippen molar-refractivity contribution in [2.24, 2.45) is 0 Å². The highest BCUT2D eigenvalue weighted by Gasteiger charge is 2.38. The molecule has 0 saturated heterocycles. The highest BCUT2D eigenvalue weighted by Crippen LogP contribution is 2.57. The summed E-state index contributed by atoms with van der Waals surface area (Å²) in [5.41, 5.74) is 4.32. The molecule has 0 amide bonds. The zero-order chi connectivity index (χ0) is 23.2. The monoisotopic (exact) mass is 477 g/mol. The first-order valence-corrected chi connectivity index (χ1v) is 14.4. The van der Waals surface area contributed by atoms with Crippen molar-refractivity contribution in [2.75, 3.05) is 0 Å². The van der Waals surface area contributed by atoms with Gasteiger partial charge in [-0.05, 0) is 46.1 Å². The Hall–Kier alpha value is -2.86. The van der Waals surface area contributed by atoms with Gasteiger partial charge in [0.25, 0.3) is 0 Å². The van der Waals surface area contributed by atoms with E-state index in [1.165, 1.54) is 0 Å². The van der Waals surface area contributed by atoms with Crippen molar-refractivity contribution < 1.29 is 12.0 Å². The minimum absolute atomic E-state index is 0.249. The van der Waals surface area contributed by atoms with Crippen molar-refractivity contribution in [3.05, 3.63) is 138 Å². The molecule has 0 aromatic heterocycles. The molecule has 0 spiro atoms. The first-order valence-electron chi connectivity index (χ1n) is 10.9. The lowest BCUT2D eigenvalue weighted by Gasteiger charge is -2.34. The Balaban J connectivity index is 1.80. The summed E-state index contributed by atoms with van der Waals surface area (Å²) in [7, 11) is -5.87. The van der Waals surface area contributed by atoms with Gasteiger partial charge in [0.1, 0.15) is 4.90 Å². The molecule has 0 aliphatic carbocycles. The molecule has 0 atom stereocenters. The summed E-state index contributed by atoms with van der Waals surface area (Å²) in [5.74, 6) is 1.80. The van der Waals surface area contributed by atoms with E-state index in [9.17, 15) is 8.42 Å². The van der Waals surface area contributed by atoms with E-state index in [4.69, 9.17) is 3.63 Å². The van der Waals surface area contributed by atoms with Gasteiger partial charge in [-0.15, -0.1) is 8.42 Å². The maximum absolute atomic E-state index is 13.6. The molecule has 0 radical (unpaired) electrons. The van der Waals surface area contributed by atoms with Crippen molar-refractivity contribution >= 4 is 20.4 Å². The maximum atomic E-state index is 13.6. The average molecular weight is 478 g/mol. The molecule has 0 aliphatic heterocycles. The van der Waals surface area contributed by atoms with Crippen LogP contribution in [0.3, 0.4) is 0 Å². The summed E-state index contributed by atoms with van der Waals surface area (Å²) in [6, 6.07) is 37.3. The van der Waals surface area contributed by atoms with E-state index in [1.54, 1.807) is 12.1 Å². The van der Waals surface area contributed by atoms with E-state index >= 15 is 0 Å². The standard InChI is InChI=1S/C28H28O3S2/c1-24-17-19-28(20-18-24)33(29,30)31-32(21-25-11-5-2-6-12-25,22-26-13-7-3-8-14-26)23-27-15-9-4-10-16-27/h2-20H,21-23H2,1H3/p+1. The minimum Gasteiger partial charge on any atom is -0.268 e. The quantitative estimate of drug-likeness (QED) is 0.191. The fourth-order valence-electron chi connectivity index (χ4n) is 3.85. The van der Waals surface area contributed by atoms with Crippen molar-refractivity contribution in [3.63, 3.8) is 0 Å². The molecule has 0 fully saturated rings. The van der Waals surface area contributed by atoms with Gasteiger partial charge in [0.05, 0.1) is 17.3 Å². The second-order valence-corrected chi connectivity index (χ2v) is 13.1. The molecule has 0 aliphatic rings. The third-order valence-corrected chi connectivity index (χ3v) is 10.9. The Bertz CT molecular complexity index is 1150. The van der Waals surface area contributed by atoms with Gasteiger partial charge in [-0.25, -0.2) is 0 Å². The SMILES string of the molecule is Cc1ccc(S(=O)(=O)[OH+]S(Cc2ccccc2)(Cc2ccccc2)Cc2ccccc2)cc1. The number of benzene rings is 4. The van der Waals surface area contributed by atoms with Crippen molar-refractivity contribution in [1.82, 2.24) is 0 Å². The topological polar surface area (TPSA) is 46.9 Å². The van der Waals surface area contributed by atoms with Crippen LogP contribution in [0.1, 0.15) is 22.3 Å². The van der Waals surface area contributed by atoms with Gasteiger partial charge < -0.3 is 0 Å². The molecular weight excluding hydrogens is 448 g/mol. The zero-order valence-corrected chi connectivity index (χ0v) is 20.3. The molecule has 0 heterocycles.